The fraction of sp³-hybridized carbons (Fsp3) is 0.444. The number of ether oxygens (including phenoxy) is 1. The minimum absolute atomic E-state index is 0.210. The standard InChI is InChI=1S/C27H28ClF2N3O4S/c28-20-13-16(3-9-21(20)31-26-32-22-15-18(29)6-10-23(22)38-26)14-24(34)27(30,33-11-1-2-12-33)37-19-7-4-17(5-8-19)25(35)36/h3,6,9-10,13,15,17,19H,1-2,4-5,7-8,11-12,14H2,(H,31,32)(H,35,36). The first-order chi connectivity index (χ1) is 18.2. The highest BCUT2D eigenvalue weighted by Crippen LogP contribution is 2.36. The average Bonchev–Trinajstić information content (AvgIpc) is 3.56. The first-order valence-corrected chi connectivity index (χ1v) is 13.9. The number of halogens is 3. The van der Waals surface area contributed by atoms with E-state index >= 15 is 4.39 Å². The number of anilines is 2. The second-order valence-electron chi connectivity index (χ2n) is 9.86. The van der Waals surface area contributed by atoms with Gasteiger partial charge in [0.05, 0.1) is 32.9 Å². The molecule has 7 nitrogen and oxygen atoms in total. The Hall–Kier alpha value is -2.66. The molecule has 38 heavy (non-hydrogen) atoms. The number of nitrogens with one attached hydrogen (secondary N) is 1. The van der Waals surface area contributed by atoms with Crippen LogP contribution in [0.25, 0.3) is 10.2 Å². The van der Waals surface area contributed by atoms with Crippen molar-refractivity contribution in [1.29, 1.82) is 0 Å². The van der Waals surface area contributed by atoms with Crippen LogP contribution in [0.4, 0.5) is 19.6 Å². The Kier molecular flexibility index (Phi) is 7.95. The Balaban J connectivity index is 1.28. The van der Waals surface area contributed by atoms with Crippen LogP contribution in [0.15, 0.2) is 36.4 Å². The number of carboxylic acid groups (broad SMARTS) is 1. The maximum absolute atomic E-state index is 16.4. The van der Waals surface area contributed by atoms with E-state index in [0.29, 0.717) is 65.7 Å². The SMILES string of the molecule is O=C(O)C1CCC(OC(F)(C(=O)Cc2ccc(Nc3nc4cc(F)ccc4s3)c(Cl)c2)N2CCCC2)CC1. The number of carbonyl (C=O) groups is 2. The molecule has 3 aromatic rings. The van der Waals surface area contributed by atoms with Gasteiger partial charge in [0.1, 0.15) is 5.82 Å². The summed E-state index contributed by atoms with van der Waals surface area (Å²) < 4.78 is 36.5. The van der Waals surface area contributed by atoms with Crippen molar-refractivity contribution in [3.63, 3.8) is 0 Å². The summed E-state index contributed by atoms with van der Waals surface area (Å²) in [6.45, 7) is 0.838. The highest BCUT2D eigenvalue weighted by atomic mass is 35.5. The molecule has 0 spiro atoms. The number of Topliss-reactive ketones (excluding diaryl/α,β-unsaturated/α-hetero) is 1. The van der Waals surface area contributed by atoms with E-state index in [9.17, 15) is 19.1 Å². The van der Waals surface area contributed by atoms with Gasteiger partial charge in [0, 0.05) is 25.6 Å². The molecule has 1 atom stereocenters. The van der Waals surface area contributed by atoms with Crippen LogP contribution < -0.4 is 5.32 Å². The zero-order valence-corrected chi connectivity index (χ0v) is 22.2. The van der Waals surface area contributed by atoms with E-state index in [1.54, 1.807) is 24.3 Å². The van der Waals surface area contributed by atoms with E-state index in [2.05, 4.69) is 10.3 Å². The number of benzene rings is 2. The molecule has 2 fully saturated rings. The lowest BCUT2D eigenvalue weighted by molar-refractivity contribution is -0.252. The van der Waals surface area contributed by atoms with Crippen molar-refractivity contribution in [3.8, 4) is 0 Å². The Labute approximate surface area is 227 Å². The zero-order chi connectivity index (χ0) is 26.9. The van der Waals surface area contributed by atoms with Gasteiger partial charge in [0.25, 0.3) is 0 Å². The molecule has 1 aromatic heterocycles. The van der Waals surface area contributed by atoms with Crippen molar-refractivity contribution >= 4 is 55.7 Å². The number of hydrogen-bond donors (Lipinski definition) is 2. The van der Waals surface area contributed by atoms with Crippen molar-refractivity contribution in [3.05, 3.63) is 52.8 Å². The van der Waals surface area contributed by atoms with Gasteiger partial charge < -0.3 is 15.2 Å². The molecule has 202 valence electrons. The van der Waals surface area contributed by atoms with Crippen molar-refractivity contribution < 1.29 is 28.2 Å². The number of likely N-dealkylation sites (tertiary alicyclic amines) is 1. The fourth-order valence-electron chi connectivity index (χ4n) is 5.10. The van der Waals surface area contributed by atoms with E-state index in [1.165, 1.54) is 28.4 Å². The van der Waals surface area contributed by atoms with Crippen LogP contribution in [-0.4, -0.2) is 51.9 Å². The van der Waals surface area contributed by atoms with Crippen molar-refractivity contribution in [2.45, 2.75) is 57.0 Å². The van der Waals surface area contributed by atoms with Crippen LogP contribution >= 0.6 is 22.9 Å². The molecule has 2 N–H and O–H groups in total. The third-order valence-electron chi connectivity index (χ3n) is 7.19. The molecule has 5 rings (SSSR count). The number of rotatable bonds is 9. The van der Waals surface area contributed by atoms with Gasteiger partial charge in [-0.2, -0.15) is 4.39 Å². The Morgan fingerprint density at radius 1 is 1.16 bits per heavy atom. The van der Waals surface area contributed by atoms with Crippen molar-refractivity contribution in [2.75, 3.05) is 18.4 Å². The first kappa shape index (κ1) is 26.9. The third kappa shape index (κ3) is 5.83. The zero-order valence-electron chi connectivity index (χ0n) is 20.6. The number of fused-ring (bicyclic) bond motifs is 1. The van der Waals surface area contributed by atoms with E-state index in [4.69, 9.17) is 16.3 Å². The number of aromatic nitrogens is 1. The van der Waals surface area contributed by atoms with Crippen LogP contribution in [0.2, 0.25) is 5.02 Å². The summed E-state index contributed by atoms with van der Waals surface area (Å²) >= 11 is 7.84. The summed E-state index contributed by atoms with van der Waals surface area (Å²) in [5, 5.41) is 13.2. The first-order valence-electron chi connectivity index (χ1n) is 12.7. The molecule has 0 radical (unpaired) electrons. The highest BCUT2D eigenvalue weighted by Gasteiger charge is 2.48. The van der Waals surface area contributed by atoms with Gasteiger partial charge in [0.2, 0.25) is 5.78 Å². The predicted molar refractivity (Wildman–Crippen MR) is 142 cm³/mol. The van der Waals surface area contributed by atoms with Gasteiger partial charge >= 0.3 is 11.9 Å². The molecule has 1 saturated carbocycles. The molecule has 11 heteroatoms. The lowest BCUT2D eigenvalue weighted by atomic mass is 9.87. The Morgan fingerprint density at radius 2 is 1.89 bits per heavy atom. The number of thiazole rings is 1. The van der Waals surface area contributed by atoms with E-state index in [-0.39, 0.29) is 12.2 Å². The molecule has 1 unspecified atom stereocenters. The molecule has 1 aliphatic heterocycles. The number of carboxylic acids is 1. The highest BCUT2D eigenvalue weighted by molar-refractivity contribution is 7.22. The lowest BCUT2D eigenvalue weighted by Crippen LogP contribution is -2.54. The van der Waals surface area contributed by atoms with E-state index < -0.39 is 29.8 Å². The van der Waals surface area contributed by atoms with Crippen molar-refractivity contribution in [2.24, 2.45) is 5.92 Å². The van der Waals surface area contributed by atoms with Gasteiger partial charge in [-0.3, -0.25) is 9.59 Å². The molecule has 2 heterocycles. The summed E-state index contributed by atoms with van der Waals surface area (Å²) in [6.07, 6.45) is 2.42. The summed E-state index contributed by atoms with van der Waals surface area (Å²) in [7, 11) is 0. The van der Waals surface area contributed by atoms with Gasteiger partial charge in [-0.05, 0) is 68.4 Å². The van der Waals surface area contributed by atoms with Crippen LogP contribution in [0.3, 0.4) is 0 Å². The van der Waals surface area contributed by atoms with Gasteiger partial charge in [-0.15, -0.1) is 0 Å². The molecular weight excluding hydrogens is 536 g/mol. The molecule has 1 saturated heterocycles. The molecule has 1 aliphatic carbocycles. The van der Waals surface area contributed by atoms with E-state index in [0.717, 1.165) is 17.5 Å². The van der Waals surface area contributed by atoms with Gasteiger partial charge in [-0.1, -0.05) is 29.0 Å². The van der Waals surface area contributed by atoms with Crippen LogP contribution in [0.5, 0.6) is 0 Å². The molecular formula is C27H28ClF2N3O4S. The quantitative estimate of drug-likeness (QED) is 0.294. The average molecular weight is 564 g/mol. The summed E-state index contributed by atoms with van der Waals surface area (Å²) in [6, 6.07) is 9.39. The summed E-state index contributed by atoms with van der Waals surface area (Å²) in [5.74, 6) is -4.94. The van der Waals surface area contributed by atoms with E-state index in [1.807, 2.05) is 0 Å². The molecule has 0 bridgehead atoms. The largest absolute Gasteiger partial charge is 0.481 e. The minimum Gasteiger partial charge on any atom is -0.481 e. The number of aliphatic carboxylic acids is 1. The van der Waals surface area contributed by atoms with Crippen LogP contribution in [0, 0.1) is 11.7 Å². The maximum Gasteiger partial charge on any atom is 0.330 e. The second-order valence-corrected chi connectivity index (χ2v) is 11.3. The molecule has 0 amide bonds. The number of carbonyl (C=O) groups excluding carboxylic acids is 1. The monoisotopic (exact) mass is 563 g/mol. The molecule has 2 aromatic carbocycles. The maximum atomic E-state index is 16.4. The van der Waals surface area contributed by atoms with Crippen LogP contribution in [-0.2, 0) is 20.7 Å². The second kappa shape index (κ2) is 11.2. The summed E-state index contributed by atoms with van der Waals surface area (Å²) in [4.78, 5) is 30.4. The Morgan fingerprint density at radius 3 is 2.58 bits per heavy atom. The lowest BCUT2D eigenvalue weighted by Gasteiger charge is -2.37. The number of hydrogen-bond acceptors (Lipinski definition) is 7. The number of nitrogens with zero attached hydrogens (tertiary/aromatic N) is 2. The van der Waals surface area contributed by atoms with Crippen LogP contribution in [0.1, 0.15) is 44.1 Å². The number of alkyl halides is 1. The topological polar surface area (TPSA) is 91.8 Å². The van der Waals surface area contributed by atoms with Gasteiger partial charge in [-0.25, -0.2) is 14.3 Å². The predicted octanol–water partition coefficient (Wildman–Crippen LogP) is 6.32. The normalized spacial score (nSPS) is 21.9. The summed E-state index contributed by atoms with van der Waals surface area (Å²) in [5.41, 5.74) is 1.63. The minimum atomic E-state index is -2.57. The fourth-order valence-corrected chi connectivity index (χ4v) is 6.21. The molecule has 2 aliphatic rings. The van der Waals surface area contributed by atoms with Crippen molar-refractivity contribution in [1.82, 2.24) is 9.88 Å². The smallest absolute Gasteiger partial charge is 0.330 e. The third-order valence-corrected chi connectivity index (χ3v) is 8.46. The Bertz CT molecular complexity index is 1340. The van der Waals surface area contributed by atoms with Gasteiger partial charge in [0.15, 0.2) is 5.13 Å². The number of ketones is 1.